The van der Waals surface area contributed by atoms with E-state index in [1.165, 1.54) is 4.90 Å². The van der Waals surface area contributed by atoms with Crippen LogP contribution >= 0.6 is 0 Å². The van der Waals surface area contributed by atoms with Crippen molar-refractivity contribution in [2.75, 3.05) is 13.2 Å². The van der Waals surface area contributed by atoms with Crippen LogP contribution in [0.5, 0.6) is 5.75 Å². The predicted octanol–water partition coefficient (Wildman–Crippen LogP) is 2.57. The summed E-state index contributed by atoms with van der Waals surface area (Å²) in [5.74, 6) is 0.684. The molecule has 1 aromatic carbocycles. The maximum Gasteiger partial charge on any atom is 0.325 e. The van der Waals surface area contributed by atoms with Gasteiger partial charge in [-0.1, -0.05) is 32.0 Å². The first-order valence-corrected chi connectivity index (χ1v) is 7.45. The molecule has 114 valence electrons. The van der Waals surface area contributed by atoms with Crippen molar-refractivity contribution in [2.45, 2.75) is 38.6 Å². The normalized spacial score (nSPS) is 17.0. The van der Waals surface area contributed by atoms with Crippen LogP contribution in [0.25, 0.3) is 0 Å². The van der Waals surface area contributed by atoms with E-state index in [9.17, 15) is 9.59 Å². The largest absolute Gasteiger partial charge is 0.494 e. The first-order valence-electron chi connectivity index (χ1n) is 7.45. The van der Waals surface area contributed by atoms with Gasteiger partial charge in [-0.3, -0.25) is 9.69 Å². The van der Waals surface area contributed by atoms with Gasteiger partial charge in [0, 0.05) is 6.54 Å². The predicted molar refractivity (Wildman–Crippen MR) is 80.1 cm³/mol. The highest BCUT2D eigenvalue weighted by Crippen LogP contribution is 2.24. The molecule has 0 radical (unpaired) electrons. The maximum absolute atomic E-state index is 12.4. The molecule has 1 saturated heterocycles. The number of amides is 3. The number of nitrogens with zero attached hydrogens (tertiary/aromatic N) is 1. The Balaban J connectivity index is 1.83. The van der Waals surface area contributed by atoms with Gasteiger partial charge in [0.25, 0.3) is 5.91 Å². The number of imide groups is 1. The average Bonchev–Trinajstić information content (AvgIpc) is 2.76. The van der Waals surface area contributed by atoms with Crippen molar-refractivity contribution in [1.82, 2.24) is 10.2 Å². The van der Waals surface area contributed by atoms with Gasteiger partial charge in [-0.25, -0.2) is 4.79 Å². The third kappa shape index (κ3) is 3.17. The molecule has 1 fully saturated rings. The summed E-state index contributed by atoms with van der Waals surface area (Å²) < 4.78 is 5.57. The molecular formula is C16H22N2O3. The molecule has 1 aliphatic heterocycles. The van der Waals surface area contributed by atoms with Gasteiger partial charge in [0.2, 0.25) is 0 Å². The van der Waals surface area contributed by atoms with Gasteiger partial charge in [0.1, 0.15) is 11.3 Å². The Hall–Kier alpha value is -2.04. The number of rotatable bonds is 7. The average molecular weight is 290 g/mol. The lowest BCUT2D eigenvalue weighted by atomic mass is 9.93. The zero-order valence-electron chi connectivity index (χ0n) is 12.6. The van der Waals surface area contributed by atoms with Crippen LogP contribution in [0.15, 0.2) is 30.3 Å². The molecular weight excluding hydrogens is 268 g/mol. The Morgan fingerprint density at radius 1 is 1.14 bits per heavy atom. The highest BCUT2D eigenvalue weighted by atomic mass is 16.5. The van der Waals surface area contributed by atoms with Gasteiger partial charge in [-0.2, -0.15) is 0 Å². The lowest BCUT2D eigenvalue weighted by Gasteiger charge is -2.23. The Morgan fingerprint density at radius 3 is 2.38 bits per heavy atom. The van der Waals surface area contributed by atoms with E-state index in [0.717, 1.165) is 5.75 Å². The molecule has 0 aliphatic carbocycles. The second-order valence-corrected chi connectivity index (χ2v) is 5.19. The van der Waals surface area contributed by atoms with E-state index in [0.29, 0.717) is 32.4 Å². The quantitative estimate of drug-likeness (QED) is 0.620. The second-order valence-electron chi connectivity index (χ2n) is 5.19. The molecule has 1 heterocycles. The van der Waals surface area contributed by atoms with Gasteiger partial charge in [-0.05, 0) is 31.4 Å². The van der Waals surface area contributed by atoms with Crippen molar-refractivity contribution in [3.8, 4) is 5.75 Å². The van der Waals surface area contributed by atoms with E-state index in [1.54, 1.807) is 0 Å². The van der Waals surface area contributed by atoms with E-state index in [-0.39, 0.29) is 11.9 Å². The molecule has 0 aromatic heterocycles. The Labute approximate surface area is 125 Å². The third-order valence-electron chi connectivity index (χ3n) is 3.99. The number of ether oxygens (including phenoxy) is 1. The van der Waals surface area contributed by atoms with Gasteiger partial charge >= 0.3 is 6.03 Å². The molecule has 1 N–H and O–H groups in total. The first kappa shape index (κ1) is 15.4. The number of carbonyl (C=O) groups is 2. The molecule has 0 spiro atoms. The molecule has 21 heavy (non-hydrogen) atoms. The summed E-state index contributed by atoms with van der Waals surface area (Å²) in [6.45, 7) is 4.71. The molecule has 0 bridgehead atoms. The maximum atomic E-state index is 12.4. The minimum absolute atomic E-state index is 0.114. The Bertz CT molecular complexity index is 498. The van der Waals surface area contributed by atoms with Crippen molar-refractivity contribution >= 4 is 11.9 Å². The molecule has 1 aliphatic rings. The van der Waals surface area contributed by atoms with Crippen LogP contribution in [0.3, 0.4) is 0 Å². The van der Waals surface area contributed by atoms with Crippen LogP contribution in [0.2, 0.25) is 0 Å². The van der Waals surface area contributed by atoms with Gasteiger partial charge in [0.15, 0.2) is 0 Å². The summed E-state index contributed by atoms with van der Waals surface area (Å²) in [6, 6.07) is 9.21. The minimum atomic E-state index is -0.711. The number of hydrogen-bond donors (Lipinski definition) is 1. The van der Waals surface area contributed by atoms with Gasteiger partial charge in [0.05, 0.1) is 6.61 Å². The standard InChI is InChI=1S/C16H22N2O3/c1-3-16(4-2)14(19)18(15(20)17-16)11-8-12-21-13-9-6-5-7-10-13/h5-7,9-10H,3-4,8,11-12H2,1-2H3,(H,17,20). The van der Waals surface area contributed by atoms with Crippen LogP contribution in [0, 0.1) is 0 Å². The lowest BCUT2D eigenvalue weighted by molar-refractivity contribution is -0.131. The highest BCUT2D eigenvalue weighted by molar-refractivity contribution is 6.06. The Kier molecular flexibility index (Phi) is 4.83. The summed E-state index contributed by atoms with van der Waals surface area (Å²) in [7, 11) is 0. The van der Waals surface area contributed by atoms with Gasteiger partial charge in [-0.15, -0.1) is 0 Å². The van der Waals surface area contributed by atoms with Crippen molar-refractivity contribution in [3.05, 3.63) is 30.3 Å². The van der Waals surface area contributed by atoms with E-state index in [1.807, 2.05) is 44.2 Å². The van der Waals surface area contributed by atoms with Crippen LogP contribution in [0.4, 0.5) is 4.79 Å². The monoisotopic (exact) mass is 290 g/mol. The Morgan fingerprint density at radius 2 is 1.81 bits per heavy atom. The molecule has 1 aromatic rings. The zero-order valence-corrected chi connectivity index (χ0v) is 12.6. The fraction of sp³-hybridized carbons (Fsp3) is 0.500. The fourth-order valence-electron chi connectivity index (χ4n) is 2.54. The highest BCUT2D eigenvalue weighted by Gasteiger charge is 2.48. The van der Waals surface area contributed by atoms with Crippen molar-refractivity contribution < 1.29 is 14.3 Å². The zero-order chi connectivity index (χ0) is 15.3. The third-order valence-corrected chi connectivity index (χ3v) is 3.99. The van der Waals surface area contributed by atoms with Crippen LogP contribution in [0.1, 0.15) is 33.1 Å². The molecule has 3 amide bonds. The van der Waals surface area contributed by atoms with E-state index in [2.05, 4.69) is 5.32 Å². The summed E-state index contributed by atoms with van der Waals surface area (Å²) in [4.78, 5) is 25.6. The second kappa shape index (κ2) is 6.61. The SMILES string of the molecule is CCC1(CC)NC(=O)N(CCCOc2ccccc2)C1=O. The first-order chi connectivity index (χ1) is 10.1. The van der Waals surface area contributed by atoms with Crippen LogP contribution in [-0.4, -0.2) is 35.5 Å². The van der Waals surface area contributed by atoms with E-state index >= 15 is 0 Å². The summed E-state index contributed by atoms with van der Waals surface area (Å²) in [5.41, 5.74) is -0.711. The molecule has 0 saturated carbocycles. The number of urea groups is 1. The summed E-state index contributed by atoms with van der Waals surface area (Å²) >= 11 is 0. The lowest BCUT2D eigenvalue weighted by Crippen LogP contribution is -2.45. The van der Waals surface area contributed by atoms with Crippen LogP contribution < -0.4 is 10.1 Å². The van der Waals surface area contributed by atoms with E-state index in [4.69, 9.17) is 4.74 Å². The summed E-state index contributed by atoms with van der Waals surface area (Å²) in [5, 5.41) is 2.82. The number of para-hydroxylation sites is 1. The topological polar surface area (TPSA) is 58.6 Å². The number of benzene rings is 1. The smallest absolute Gasteiger partial charge is 0.325 e. The van der Waals surface area contributed by atoms with Crippen molar-refractivity contribution in [1.29, 1.82) is 0 Å². The minimum Gasteiger partial charge on any atom is -0.494 e. The van der Waals surface area contributed by atoms with Gasteiger partial charge < -0.3 is 10.1 Å². The number of carbonyl (C=O) groups excluding carboxylic acids is 2. The molecule has 5 nitrogen and oxygen atoms in total. The fourth-order valence-corrected chi connectivity index (χ4v) is 2.54. The number of nitrogens with one attached hydrogen (secondary N) is 1. The van der Waals surface area contributed by atoms with Crippen molar-refractivity contribution in [2.24, 2.45) is 0 Å². The summed E-state index contributed by atoms with van der Waals surface area (Å²) in [6.07, 6.45) is 1.85. The molecule has 5 heteroatoms. The molecule has 0 atom stereocenters. The van der Waals surface area contributed by atoms with Crippen molar-refractivity contribution in [3.63, 3.8) is 0 Å². The molecule has 0 unspecified atom stereocenters. The number of hydrogen-bond acceptors (Lipinski definition) is 3. The van der Waals surface area contributed by atoms with E-state index < -0.39 is 5.54 Å². The van der Waals surface area contributed by atoms with Crippen LogP contribution in [-0.2, 0) is 4.79 Å². The molecule has 2 rings (SSSR count).